The van der Waals surface area contributed by atoms with Gasteiger partial charge in [-0.25, -0.2) is 0 Å². The number of carbonyl (C=O) groups excluding carboxylic acids is 1. The van der Waals surface area contributed by atoms with Crippen LogP contribution in [0.1, 0.15) is 15.4 Å². The Labute approximate surface area is 99.2 Å². The summed E-state index contributed by atoms with van der Waals surface area (Å²) in [6, 6.07) is 4.23. The van der Waals surface area contributed by atoms with E-state index in [1.807, 2.05) is 0 Å². The Morgan fingerprint density at radius 1 is 1.59 bits per heavy atom. The quantitative estimate of drug-likeness (QED) is 0.667. The molecule has 2 aromatic heterocycles. The molecule has 17 heavy (non-hydrogen) atoms. The third-order valence-corrected chi connectivity index (χ3v) is 2.90. The van der Waals surface area contributed by atoms with E-state index >= 15 is 0 Å². The lowest BCUT2D eigenvalue weighted by molar-refractivity contribution is -0.380. The second-order valence-electron chi connectivity index (χ2n) is 3.18. The normalized spacial score (nSPS) is 10.2. The molecule has 2 aromatic rings. The SMILES string of the molecule is Cc1cc(NC(=O)c2ccc([N+](=O)[O-])s2)on1. The average molecular weight is 253 g/mol. The number of carbonyl (C=O) groups is 1. The highest BCUT2D eigenvalue weighted by molar-refractivity contribution is 7.17. The van der Waals surface area contributed by atoms with Gasteiger partial charge in [-0.3, -0.25) is 20.2 Å². The molecule has 0 fully saturated rings. The van der Waals surface area contributed by atoms with Gasteiger partial charge in [-0.1, -0.05) is 16.5 Å². The zero-order valence-corrected chi connectivity index (χ0v) is 9.48. The van der Waals surface area contributed by atoms with Crippen LogP contribution in [0.3, 0.4) is 0 Å². The topological polar surface area (TPSA) is 98.3 Å². The summed E-state index contributed by atoms with van der Waals surface area (Å²) in [5, 5.41) is 16.4. The number of thiophene rings is 1. The summed E-state index contributed by atoms with van der Waals surface area (Å²) >= 11 is 0.802. The van der Waals surface area contributed by atoms with Crippen LogP contribution in [0.2, 0.25) is 0 Å². The van der Waals surface area contributed by atoms with Crippen LogP contribution in [0.25, 0.3) is 0 Å². The molecule has 1 amide bonds. The first-order valence-corrected chi connectivity index (χ1v) is 5.37. The maximum absolute atomic E-state index is 11.6. The molecule has 88 valence electrons. The Morgan fingerprint density at radius 2 is 2.35 bits per heavy atom. The van der Waals surface area contributed by atoms with Gasteiger partial charge in [-0.05, 0) is 13.0 Å². The van der Waals surface area contributed by atoms with Gasteiger partial charge in [0.05, 0.1) is 15.5 Å². The largest absolute Gasteiger partial charge is 0.338 e. The van der Waals surface area contributed by atoms with Gasteiger partial charge in [-0.15, -0.1) is 0 Å². The van der Waals surface area contributed by atoms with E-state index in [0.29, 0.717) is 5.69 Å². The van der Waals surface area contributed by atoms with Crippen LogP contribution in [-0.4, -0.2) is 16.0 Å². The summed E-state index contributed by atoms with van der Waals surface area (Å²) < 4.78 is 4.80. The molecule has 0 aliphatic carbocycles. The molecule has 0 aliphatic rings. The minimum atomic E-state index is -0.542. The zero-order chi connectivity index (χ0) is 12.4. The first kappa shape index (κ1) is 11.3. The molecule has 2 rings (SSSR count). The molecule has 0 saturated carbocycles. The van der Waals surface area contributed by atoms with Gasteiger partial charge in [0.25, 0.3) is 5.91 Å². The smallest absolute Gasteiger partial charge is 0.324 e. The molecule has 8 heteroatoms. The number of aromatic nitrogens is 1. The maximum atomic E-state index is 11.6. The number of aryl methyl sites for hydroxylation is 1. The van der Waals surface area contributed by atoms with Crippen molar-refractivity contribution in [1.82, 2.24) is 5.16 Å². The fraction of sp³-hybridized carbons (Fsp3) is 0.111. The van der Waals surface area contributed by atoms with Crippen LogP contribution >= 0.6 is 11.3 Å². The summed E-state index contributed by atoms with van der Waals surface area (Å²) in [4.78, 5) is 21.8. The monoisotopic (exact) mass is 253 g/mol. The van der Waals surface area contributed by atoms with Gasteiger partial charge < -0.3 is 4.52 Å². The van der Waals surface area contributed by atoms with Crippen molar-refractivity contribution < 1.29 is 14.2 Å². The number of nitro groups is 1. The van der Waals surface area contributed by atoms with Gasteiger partial charge in [0.1, 0.15) is 0 Å². The van der Waals surface area contributed by atoms with Crippen molar-refractivity contribution in [3.05, 3.63) is 38.9 Å². The average Bonchev–Trinajstić information content (AvgIpc) is 2.86. The van der Waals surface area contributed by atoms with Gasteiger partial charge in [0, 0.05) is 12.1 Å². The fourth-order valence-corrected chi connectivity index (χ4v) is 1.86. The fourth-order valence-electron chi connectivity index (χ4n) is 1.14. The van der Waals surface area contributed by atoms with E-state index in [0.717, 1.165) is 11.3 Å². The van der Waals surface area contributed by atoms with Crippen LogP contribution in [0, 0.1) is 17.0 Å². The lowest BCUT2D eigenvalue weighted by Gasteiger charge is -1.95. The number of nitrogens with zero attached hydrogens (tertiary/aromatic N) is 2. The third kappa shape index (κ3) is 2.48. The zero-order valence-electron chi connectivity index (χ0n) is 8.67. The molecule has 0 aliphatic heterocycles. The van der Waals surface area contributed by atoms with Crippen LogP contribution in [0.15, 0.2) is 22.7 Å². The van der Waals surface area contributed by atoms with E-state index in [1.165, 1.54) is 12.1 Å². The number of hydrogen-bond acceptors (Lipinski definition) is 6. The van der Waals surface area contributed by atoms with Crippen LogP contribution in [-0.2, 0) is 0 Å². The van der Waals surface area contributed by atoms with Crippen LogP contribution in [0.5, 0.6) is 0 Å². The predicted molar refractivity (Wildman–Crippen MR) is 60.2 cm³/mol. The van der Waals surface area contributed by atoms with Crippen molar-refractivity contribution in [2.75, 3.05) is 5.32 Å². The summed E-state index contributed by atoms with van der Waals surface area (Å²) in [6.07, 6.45) is 0. The van der Waals surface area contributed by atoms with Crippen molar-refractivity contribution in [3.63, 3.8) is 0 Å². The lowest BCUT2D eigenvalue weighted by atomic mass is 10.4. The molecular formula is C9H7N3O4S. The number of hydrogen-bond donors (Lipinski definition) is 1. The van der Waals surface area contributed by atoms with Crippen LogP contribution < -0.4 is 5.32 Å². The summed E-state index contributed by atoms with van der Waals surface area (Å²) in [5.74, 6) is -0.247. The highest BCUT2D eigenvalue weighted by atomic mass is 32.1. The molecule has 7 nitrogen and oxygen atoms in total. The Bertz CT molecular complexity index is 574. The Morgan fingerprint density at radius 3 is 2.88 bits per heavy atom. The molecule has 0 atom stereocenters. The number of rotatable bonds is 3. The molecule has 0 bridgehead atoms. The van der Waals surface area contributed by atoms with Gasteiger partial charge in [-0.2, -0.15) is 0 Å². The second-order valence-corrected chi connectivity index (χ2v) is 4.24. The van der Waals surface area contributed by atoms with Crippen molar-refractivity contribution in [2.24, 2.45) is 0 Å². The van der Waals surface area contributed by atoms with E-state index < -0.39 is 10.8 Å². The minimum Gasteiger partial charge on any atom is -0.338 e. The number of amides is 1. The van der Waals surface area contributed by atoms with E-state index in [2.05, 4.69) is 10.5 Å². The van der Waals surface area contributed by atoms with Gasteiger partial charge >= 0.3 is 5.00 Å². The van der Waals surface area contributed by atoms with Crippen LogP contribution in [0.4, 0.5) is 10.9 Å². The molecule has 0 radical (unpaired) electrons. The first-order chi connectivity index (χ1) is 8.06. The molecule has 0 spiro atoms. The lowest BCUT2D eigenvalue weighted by Crippen LogP contribution is -2.09. The Hall–Kier alpha value is -2.22. The number of nitrogens with one attached hydrogen (secondary N) is 1. The molecule has 0 saturated heterocycles. The van der Waals surface area contributed by atoms with Crippen molar-refractivity contribution >= 4 is 28.1 Å². The standard InChI is InChI=1S/C9H7N3O4S/c1-5-4-7(16-11-5)10-9(13)6-2-3-8(17-6)12(14)15/h2-4H,1H3,(H,10,13). The Balaban J connectivity index is 2.11. The first-order valence-electron chi connectivity index (χ1n) is 4.55. The van der Waals surface area contributed by atoms with E-state index in [9.17, 15) is 14.9 Å². The molecule has 1 N–H and O–H groups in total. The highest BCUT2D eigenvalue weighted by Gasteiger charge is 2.16. The van der Waals surface area contributed by atoms with Gasteiger partial charge in [0.2, 0.25) is 5.88 Å². The predicted octanol–water partition coefficient (Wildman–Crippen LogP) is 2.21. The second kappa shape index (κ2) is 4.34. The molecule has 0 aromatic carbocycles. The summed E-state index contributed by atoms with van der Waals surface area (Å²) in [6.45, 7) is 1.72. The van der Waals surface area contributed by atoms with Gasteiger partial charge in [0.15, 0.2) is 0 Å². The van der Waals surface area contributed by atoms with Crippen molar-refractivity contribution in [3.8, 4) is 0 Å². The molecular weight excluding hydrogens is 246 g/mol. The maximum Gasteiger partial charge on any atom is 0.324 e. The molecule has 0 unspecified atom stereocenters. The minimum absolute atomic E-state index is 0.0797. The van der Waals surface area contributed by atoms with E-state index in [1.54, 1.807) is 13.0 Å². The number of anilines is 1. The summed E-state index contributed by atoms with van der Waals surface area (Å²) in [5.41, 5.74) is 0.637. The Kier molecular flexibility index (Phi) is 2.88. The van der Waals surface area contributed by atoms with Crippen molar-refractivity contribution in [2.45, 2.75) is 6.92 Å². The summed E-state index contributed by atoms with van der Waals surface area (Å²) in [7, 11) is 0. The molecule has 2 heterocycles. The highest BCUT2D eigenvalue weighted by Crippen LogP contribution is 2.24. The van der Waals surface area contributed by atoms with E-state index in [-0.39, 0.29) is 15.8 Å². The van der Waals surface area contributed by atoms with Crippen molar-refractivity contribution in [1.29, 1.82) is 0 Å². The van der Waals surface area contributed by atoms with E-state index in [4.69, 9.17) is 4.52 Å². The third-order valence-electron chi connectivity index (χ3n) is 1.86.